The zero-order valence-electron chi connectivity index (χ0n) is 10.9. The minimum Gasteiger partial charge on any atom is -0.478 e. The van der Waals surface area contributed by atoms with E-state index in [1.165, 1.54) is 0 Å². The van der Waals surface area contributed by atoms with Gasteiger partial charge in [-0.1, -0.05) is 47.1 Å². The van der Waals surface area contributed by atoms with Crippen molar-refractivity contribution in [2.75, 3.05) is 0 Å². The van der Waals surface area contributed by atoms with Crippen LogP contribution in [0.4, 0.5) is 0 Å². The molecule has 0 aromatic heterocycles. The molecule has 2 aromatic rings. The minimum absolute atomic E-state index is 0.356. The topological polar surface area (TPSA) is 37.3 Å². The smallest absolute Gasteiger partial charge is 0.336 e. The number of benzene rings is 2. The van der Waals surface area contributed by atoms with Crippen molar-refractivity contribution in [1.82, 2.24) is 0 Å². The molecule has 3 heteroatoms. The lowest BCUT2D eigenvalue weighted by Gasteiger charge is -2.12. The fourth-order valence-electron chi connectivity index (χ4n) is 2.16. The Bertz CT molecular complexity index is 633. The number of carbonyl (C=O) groups is 1. The number of aromatic carboxylic acids is 1. The van der Waals surface area contributed by atoms with Crippen LogP contribution >= 0.6 is 15.9 Å². The number of carboxylic acids is 1. The molecule has 0 fully saturated rings. The highest BCUT2D eigenvalue weighted by Gasteiger charge is 2.15. The summed E-state index contributed by atoms with van der Waals surface area (Å²) >= 11 is 3.52. The van der Waals surface area contributed by atoms with E-state index >= 15 is 0 Å². The number of halogens is 1. The summed E-state index contributed by atoms with van der Waals surface area (Å²) in [6, 6.07) is 11.5. The summed E-state index contributed by atoms with van der Waals surface area (Å²) in [4.78, 5) is 11.5. The SMILES string of the molecule is CCc1cc(C(=O)O)c(-c2ccccc2C)cc1Br. The molecular formula is C16H15BrO2. The molecule has 0 aliphatic carbocycles. The van der Waals surface area contributed by atoms with E-state index in [1.807, 2.05) is 44.2 Å². The Morgan fingerprint density at radius 2 is 1.89 bits per heavy atom. The normalized spacial score (nSPS) is 10.5. The Morgan fingerprint density at radius 3 is 2.47 bits per heavy atom. The highest BCUT2D eigenvalue weighted by molar-refractivity contribution is 9.10. The van der Waals surface area contributed by atoms with Crippen molar-refractivity contribution >= 4 is 21.9 Å². The summed E-state index contributed by atoms with van der Waals surface area (Å²) in [5, 5.41) is 9.41. The van der Waals surface area contributed by atoms with Gasteiger partial charge in [-0.3, -0.25) is 0 Å². The third-order valence-corrected chi connectivity index (χ3v) is 3.97. The first-order chi connectivity index (χ1) is 9.04. The lowest BCUT2D eigenvalue weighted by Crippen LogP contribution is -2.02. The van der Waals surface area contributed by atoms with Gasteiger partial charge in [-0.2, -0.15) is 0 Å². The van der Waals surface area contributed by atoms with E-state index in [4.69, 9.17) is 0 Å². The maximum absolute atomic E-state index is 11.5. The predicted molar refractivity (Wildman–Crippen MR) is 80.7 cm³/mol. The zero-order valence-corrected chi connectivity index (χ0v) is 12.5. The Hall–Kier alpha value is -1.61. The van der Waals surface area contributed by atoms with Crippen LogP contribution in [-0.4, -0.2) is 11.1 Å². The van der Waals surface area contributed by atoms with Crippen LogP contribution in [0.5, 0.6) is 0 Å². The summed E-state index contributed by atoms with van der Waals surface area (Å²) in [7, 11) is 0. The van der Waals surface area contributed by atoms with Crippen molar-refractivity contribution in [3.05, 3.63) is 57.6 Å². The number of rotatable bonds is 3. The first kappa shape index (κ1) is 13.8. The highest BCUT2D eigenvalue weighted by Crippen LogP contribution is 2.32. The van der Waals surface area contributed by atoms with E-state index in [1.54, 1.807) is 6.07 Å². The molecule has 0 bridgehead atoms. The van der Waals surface area contributed by atoms with Crippen molar-refractivity contribution in [2.45, 2.75) is 20.3 Å². The van der Waals surface area contributed by atoms with Crippen LogP contribution < -0.4 is 0 Å². The van der Waals surface area contributed by atoms with Gasteiger partial charge in [0.15, 0.2) is 0 Å². The molecule has 2 nitrogen and oxygen atoms in total. The average molecular weight is 319 g/mol. The molecule has 0 atom stereocenters. The number of hydrogen-bond donors (Lipinski definition) is 1. The van der Waals surface area contributed by atoms with Gasteiger partial charge in [0.25, 0.3) is 0 Å². The van der Waals surface area contributed by atoms with E-state index in [0.717, 1.165) is 33.1 Å². The van der Waals surface area contributed by atoms with Crippen molar-refractivity contribution in [3.63, 3.8) is 0 Å². The molecule has 0 spiro atoms. The molecule has 0 saturated heterocycles. The molecule has 0 unspecified atom stereocenters. The fourth-order valence-corrected chi connectivity index (χ4v) is 2.79. The van der Waals surface area contributed by atoms with Gasteiger partial charge >= 0.3 is 5.97 Å². The summed E-state index contributed by atoms with van der Waals surface area (Å²) in [5.74, 6) is -0.888. The van der Waals surface area contributed by atoms with Gasteiger partial charge in [0.2, 0.25) is 0 Å². The zero-order chi connectivity index (χ0) is 14.0. The van der Waals surface area contributed by atoms with Gasteiger partial charge in [0, 0.05) is 4.47 Å². The standard InChI is InChI=1S/C16H15BrO2/c1-3-11-8-14(16(18)19)13(9-15(11)17)12-7-5-4-6-10(12)2/h4-9H,3H2,1-2H3,(H,18,19). The molecule has 0 aliphatic rings. The van der Waals surface area contributed by atoms with E-state index in [2.05, 4.69) is 15.9 Å². The monoisotopic (exact) mass is 318 g/mol. The van der Waals surface area contributed by atoms with E-state index in [9.17, 15) is 9.90 Å². The van der Waals surface area contributed by atoms with Crippen molar-refractivity contribution in [3.8, 4) is 11.1 Å². The molecule has 98 valence electrons. The molecule has 0 aliphatic heterocycles. The molecule has 2 aromatic carbocycles. The molecule has 0 heterocycles. The third kappa shape index (κ3) is 2.71. The van der Waals surface area contributed by atoms with E-state index < -0.39 is 5.97 Å². The molecule has 19 heavy (non-hydrogen) atoms. The van der Waals surface area contributed by atoms with E-state index in [-0.39, 0.29) is 0 Å². The lowest BCUT2D eigenvalue weighted by atomic mass is 9.94. The van der Waals surface area contributed by atoms with Crippen LogP contribution in [0.1, 0.15) is 28.4 Å². The predicted octanol–water partition coefficient (Wildman–Crippen LogP) is 4.69. The lowest BCUT2D eigenvalue weighted by molar-refractivity contribution is 0.0697. The minimum atomic E-state index is -0.888. The van der Waals surface area contributed by atoms with Crippen LogP contribution in [0.15, 0.2) is 40.9 Å². The Morgan fingerprint density at radius 1 is 1.21 bits per heavy atom. The van der Waals surface area contributed by atoms with Crippen LogP contribution in [0.2, 0.25) is 0 Å². The number of carboxylic acid groups (broad SMARTS) is 1. The van der Waals surface area contributed by atoms with Gasteiger partial charge in [-0.15, -0.1) is 0 Å². The molecule has 0 saturated carbocycles. The second-order valence-corrected chi connectivity index (χ2v) is 5.32. The highest BCUT2D eigenvalue weighted by atomic mass is 79.9. The van der Waals surface area contributed by atoms with Crippen LogP contribution in [0, 0.1) is 6.92 Å². The van der Waals surface area contributed by atoms with Crippen molar-refractivity contribution < 1.29 is 9.90 Å². The van der Waals surface area contributed by atoms with Gasteiger partial charge in [0.05, 0.1) is 5.56 Å². The summed E-state index contributed by atoms with van der Waals surface area (Å²) < 4.78 is 0.957. The fraction of sp³-hybridized carbons (Fsp3) is 0.188. The Kier molecular flexibility index (Phi) is 4.05. The van der Waals surface area contributed by atoms with Crippen molar-refractivity contribution in [1.29, 1.82) is 0 Å². The van der Waals surface area contributed by atoms with Crippen molar-refractivity contribution in [2.24, 2.45) is 0 Å². The van der Waals surface area contributed by atoms with Gasteiger partial charge in [0.1, 0.15) is 0 Å². The first-order valence-electron chi connectivity index (χ1n) is 6.16. The number of aryl methyl sites for hydroxylation is 2. The molecule has 2 rings (SSSR count). The largest absolute Gasteiger partial charge is 0.478 e. The summed E-state index contributed by atoms with van der Waals surface area (Å²) in [6.07, 6.45) is 0.801. The molecular weight excluding hydrogens is 304 g/mol. The molecule has 0 amide bonds. The molecule has 1 N–H and O–H groups in total. The van der Waals surface area contributed by atoms with Gasteiger partial charge < -0.3 is 5.11 Å². The second kappa shape index (κ2) is 5.57. The van der Waals surface area contributed by atoms with Crippen LogP contribution in [-0.2, 0) is 6.42 Å². The summed E-state index contributed by atoms with van der Waals surface area (Å²) in [6.45, 7) is 4.00. The first-order valence-corrected chi connectivity index (χ1v) is 6.95. The Labute approximate surface area is 121 Å². The summed E-state index contributed by atoms with van der Waals surface area (Å²) in [5.41, 5.74) is 4.16. The quantitative estimate of drug-likeness (QED) is 0.891. The van der Waals surface area contributed by atoms with Crippen LogP contribution in [0.25, 0.3) is 11.1 Å². The van der Waals surface area contributed by atoms with Gasteiger partial charge in [-0.05, 0) is 47.7 Å². The molecule has 0 radical (unpaired) electrons. The Balaban J connectivity index is 2.72. The average Bonchev–Trinajstić information content (AvgIpc) is 2.38. The maximum Gasteiger partial charge on any atom is 0.336 e. The van der Waals surface area contributed by atoms with Crippen LogP contribution in [0.3, 0.4) is 0 Å². The number of hydrogen-bond acceptors (Lipinski definition) is 1. The third-order valence-electron chi connectivity index (χ3n) is 3.23. The second-order valence-electron chi connectivity index (χ2n) is 4.46. The maximum atomic E-state index is 11.5. The van der Waals surface area contributed by atoms with E-state index in [0.29, 0.717) is 5.56 Å². The van der Waals surface area contributed by atoms with Gasteiger partial charge in [-0.25, -0.2) is 4.79 Å².